The molecule has 2 heterocycles. The minimum absolute atomic E-state index is 0.00950. The second kappa shape index (κ2) is 7.80. The summed E-state index contributed by atoms with van der Waals surface area (Å²) in [5, 5.41) is 4.90. The number of rotatable bonds is 5. The van der Waals surface area contributed by atoms with Gasteiger partial charge in [0, 0.05) is 35.8 Å². The number of fused-ring (bicyclic) bond motifs is 1. The second-order valence-electron chi connectivity index (χ2n) is 6.01. The Balaban J connectivity index is 1.75. The van der Waals surface area contributed by atoms with Crippen molar-refractivity contribution in [2.75, 3.05) is 25.1 Å². The molecule has 1 aromatic heterocycles. The predicted molar refractivity (Wildman–Crippen MR) is 99.1 cm³/mol. The molecule has 2 aromatic rings. The van der Waals surface area contributed by atoms with Crippen LogP contribution in [0.15, 0.2) is 29.6 Å². The fraction of sp³-hybridized carbons (Fsp3) is 0.368. The normalized spacial score (nSPS) is 13.4. The Labute approximate surface area is 151 Å². The number of carbonyl (C=O) groups excluding carboxylic acids is 2. The Hall–Kier alpha value is -2.18. The van der Waals surface area contributed by atoms with Crippen LogP contribution >= 0.6 is 11.3 Å². The smallest absolute Gasteiger partial charge is 0.254 e. The summed E-state index contributed by atoms with van der Waals surface area (Å²) in [7, 11) is 0. The molecule has 0 radical (unpaired) electrons. The fourth-order valence-electron chi connectivity index (χ4n) is 2.98. The van der Waals surface area contributed by atoms with Crippen molar-refractivity contribution in [1.29, 1.82) is 0 Å². The van der Waals surface area contributed by atoms with Gasteiger partial charge in [0.05, 0.1) is 0 Å². The molecule has 2 amide bonds. The third-order valence-electron chi connectivity index (χ3n) is 4.37. The molecule has 0 bridgehead atoms. The first-order chi connectivity index (χ1) is 12.1. The zero-order chi connectivity index (χ0) is 17.8. The monoisotopic (exact) mass is 358 g/mol. The van der Waals surface area contributed by atoms with Gasteiger partial charge in [-0.3, -0.25) is 9.59 Å². The molecule has 0 fully saturated rings. The van der Waals surface area contributed by atoms with Crippen molar-refractivity contribution in [2.45, 2.75) is 26.8 Å². The molecular weight excluding hydrogens is 336 g/mol. The van der Waals surface area contributed by atoms with E-state index in [2.05, 4.69) is 16.8 Å². The summed E-state index contributed by atoms with van der Waals surface area (Å²) < 4.78 is 5.12. The Morgan fingerprint density at radius 2 is 2.16 bits per heavy atom. The van der Waals surface area contributed by atoms with Crippen LogP contribution in [0.4, 0.5) is 5.69 Å². The van der Waals surface area contributed by atoms with Gasteiger partial charge < -0.3 is 15.0 Å². The molecule has 3 rings (SSSR count). The highest BCUT2D eigenvalue weighted by molar-refractivity contribution is 7.10. The van der Waals surface area contributed by atoms with Gasteiger partial charge in [-0.25, -0.2) is 0 Å². The maximum Gasteiger partial charge on any atom is 0.254 e. The van der Waals surface area contributed by atoms with Gasteiger partial charge in [-0.2, -0.15) is 0 Å². The first-order valence-corrected chi connectivity index (χ1v) is 9.29. The molecule has 1 aliphatic rings. The first-order valence-electron chi connectivity index (χ1n) is 8.42. The topological polar surface area (TPSA) is 58.6 Å². The standard InChI is InChI=1S/C19H22N2O3S/c1-3-24-12-18(22)20-16-6-4-5-15(13(16)2)19(23)21-9-7-17-14(11-21)8-10-25-17/h4-6,8,10H,3,7,9,11-12H2,1-2H3,(H,20,22). The quantitative estimate of drug-likeness (QED) is 0.893. The van der Waals surface area contributed by atoms with E-state index in [-0.39, 0.29) is 18.4 Å². The van der Waals surface area contributed by atoms with Crippen LogP contribution in [0.1, 0.15) is 33.3 Å². The zero-order valence-electron chi connectivity index (χ0n) is 14.5. The molecule has 1 aliphatic heterocycles. The van der Waals surface area contributed by atoms with Crippen molar-refractivity contribution in [3.05, 3.63) is 51.2 Å². The molecule has 0 unspecified atom stereocenters. The maximum atomic E-state index is 13.0. The van der Waals surface area contributed by atoms with Crippen LogP contribution in [-0.2, 0) is 22.5 Å². The molecule has 5 nitrogen and oxygen atoms in total. The lowest BCUT2D eigenvalue weighted by Gasteiger charge is -2.28. The van der Waals surface area contributed by atoms with Crippen molar-refractivity contribution in [1.82, 2.24) is 4.90 Å². The molecule has 0 saturated heterocycles. The SMILES string of the molecule is CCOCC(=O)Nc1cccc(C(=O)N2CCc3sccc3C2)c1C. The molecule has 1 aromatic carbocycles. The Morgan fingerprint density at radius 3 is 2.96 bits per heavy atom. The van der Waals surface area contributed by atoms with Crippen LogP contribution in [0, 0.1) is 6.92 Å². The lowest BCUT2D eigenvalue weighted by atomic mass is 10.0. The van der Waals surface area contributed by atoms with Crippen LogP contribution < -0.4 is 5.32 Å². The molecular formula is C19H22N2O3S. The van der Waals surface area contributed by atoms with Gasteiger partial charge in [0.2, 0.25) is 5.91 Å². The number of benzene rings is 1. The van der Waals surface area contributed by atoms with E-state index in [0.29, 0.717) is 24.4 Å². The van der Waals surface area contributed by atoms with Crippen molar-refractivity contribution >= 4 is 28.8 Å². The van der Waals surface area contributed by atoms with E-state index in [4.69, 9.17) is 4.74 Å². The number of nitrogens with zero attached hydrogens (tertiary/aromatic N) is 1. The number of ether oxygens (including phenoxy) is 1. The summed E-state index contributed by atoms with van der Waals surface area (Å²) in [6, 6.07) is 7.52. The molecule has 1 N–H and O–H groups in total. The molecule has 6 heteroatoms. The Bertz CT molecular complexity index is 785. The van der Waals surface area contributed by atoms with Crippen molar-refractivity contribution in [3.63, 3.8) is 0 Å². The average Bonchev–Trinajstić information content (AvgIpc) is 3.09. The molecule has 132 valence electrons. The van der Waals surface area contributed by atoms with Gasteiger partial charge in [-0.05, 0) is 55.0 Å². The van der Waals surface area contributed by atoms with E-state index in [1.807, 2.05) is 30.9 Å². The van der Waals surface area contributed by atoms with Gasteiger partial charge in [0.15, 0.2) is 0 Å². The van der Waals surface area contributed by atoms with E-state index in [1.165, 1.54) is 10.4 Å². The molecule has 0 saturated carbocycles. The number of amides is 2. The van der Waals surface area contributed by atoms with E-state index in [9.17, 15) is 9.59 Å². The van der Waals surface area contributed by atoms with Crippen LogP contribution in [-0.4, -0.2) is 36.5 Å². The summed E-state index contributed by atoms with van der Waals surface area (Å²) in [6.07, 6.45) is 0.905. The Morgan fingerprint density at radius 1 is 1.32 bits per heavy atom. The number of hydrogen-bond donors (Lipinski definition) is 1. The van der Waals surface area contributed by atoms with E-state index < -0.39 is 0 Å². The largest absolute Gasteiger partial charge is 0.372 e. The van der Waals surface area contributed by atoms with Crippen LogP contribution in [0.3, 0.4) is 0 Å². The van der Waals surface area contributed by atoms with Crippen molar-refractivity contribution in [3.8, 4) is 0 Å². The fourth-order valence-corrected chi connectivity index (χ4v) is 3.87. The highest BCUT2D eigenvalue weighted by Crippen LogP contribution is 2.27. The van der Waals surface area contributed by atoms with Crippen LogP contribution in [0.5, 0.6) is 0 Å². The van der Waals surface area contributed by atoms with Gasteiger partial charge in [-0.15, -0.1) is 11.3 Å². The van der Waals surface area contributed by atoms with E-state index >= 15 is 0 Å². The minimum atomic E-state index is -0.213. The minimum Gasteiger partial charge on any atom is -0.372 e. The van der Waals surface area contributed by atoms with Crippen LogP contribution in [0.25, 0.3) is 0 Å². The number of carbonyl (C=O) groups is 2. The number of anilines is 1. The summed E-state index contributed by atoms with van der Waals surface area (Å²) >= 11 is 1.76. The predicted octanol–water partition coefficient (Wildman–Crippen LogP) is 3.23. The van der Waals surface area contributed by atoms with E-state index in [0.717, 1.165) is 18.5 Å². The summed E-state index contributed by atoms with van der Waals surface area (Å²) in [5.74, 6) is -0.203. The maximum absolute atomic E-state index is 13.0. The summed E-state index contributed by atoms with van der Waals surface area (Å²) in [6.45, 7) is 5.59. The highest BCUT2D eigenvalue weighted by Gasteiger charge is 2.24. The average molecular weight is 358 g/mol. The highest BCUT2D eigenvalue weighted by atomic mass is 32.1. The zero-order valence-corrected chi connectivity index (χ0v) is 15.3. The summed E-state index contributed by atoms with van der Waals surface area (Å²) in [4.78, 5) is 28.1. The van der Waals surface area contributed by atoms with Gasteiger partial charge in [-0.1, -0.05) is 6.07 Å². The summed E-state index contributed by atoms with van der Waals surface area (Å²) in [5.41, 5.74) is 3.31. The van der Waals surface area contributed by atoms with Gasteiger partial charge in [0.25, 0.3) is 5.91 Å². The molecule has 0 atom stereocenters. The Kier molecular flexibility index (Phi) is 5.50. The molecule has 25 heavy (non-hydrogen) atoms. The lowest BCUT2D eigenvalue weighted by molar-refractivity contribution is -0.120. The van der Waals surface area contributed by atoms with Gasteiger partial charge >= 0.3 is 0 Å². The number of nitrogens with one attached hydrogen (secondary N) is 1. The van der Waals surface area contributed by atoms with Crippen LogP contribution in [0.2, 0.25) is 0 Å². The second-order valence-corrected chi connectivity index (χ2v) is 7.01. The number of thiophene rings is 1. The van der Waals surface area contributed by atoms with Crippen molar-refractivity contribution in [2.24, 2.45) is 0 Å². The number of hydrogen-bond acceptors (Lipinski definition) is 4. The third kappa shape index (κ3) is 3.91. The van der Waals surface area contributed by atoms with Crippen molar-refractivity contribution < 1.29 is 14.3 Å². The van der Waals surface area contributed by atoms with E-state index in [1.54, 1.807) is 17.4 Å². The first kappa shape index (κ1) is 17.6. The molecule has 0 spiro atoms. The third-order valence-corrected chi connectivity index (χ3v) is 5.39. The molecule has 0 aliphatic carbocycles. The lowest BCUT2D eigenvalue weighted by Crippen LogP contribution is -2.35. The van der Waals surface area contributed by atoms with Gasteiger partial charge in [0.1, 0.15) is 6.61 Å².